The van der Waals surface area contributed by atoms with E-state index in [1.165, 1.54) is 0 Å². The number of piperazine rings is 1. The van der Waals surface area contributed by atoms with Crippen LogP contribution < -0.4 is 15.4 Å². The van der Waals surface area contributed by atoms with Crippen molar-refractivity contribution in [2.45, 2.75) is 19.9 Å². The first-order valence-corrected chi connectivity index (χ1v) is 11.2. The van der Waals surface area contributed by atoms with Gasteiger partial charge in [0.15, 0.2) is 5.75 Å². The van der Waals surface area contributed by atoms with Gasteiger partial charge in [0.25, 0.3) is 0 Å². The number of benzene rings is 2. The normalized spacial score (nSPS) is 18.1. The van der Waals surface area contributed by atoms with Gasteiger partial charge in [0.1, 0.15) is 17.3 Å². The number of amidine groups is 1. The maximum absolute atomic E-state index is 12.9. The van der Waals surface area contributed by atoms with Crippen LogP contribution in [0.5, 0.6) is 11.5 Å². The number of fused-ring (bicyclic) bond motifs is 2. The van der Waals surface area contributed by atoms with Crippen molar-refractivity contribution in [2.75, 3.05) is 39.9 Å². The molecule has 0 aromatic heterocycles. The van der Waals surface area contributed by atoms with Gasteiger partial charge in [0, 0.05) is 44.4 Å². The number of hydrogen-bond donors (Lipinski definition) is 2. The standard InChI is InChI=1S/C24H29ClN4O3/c1-24(2,23(30)27-11-13-31-3)21-15-29(12-10-26-21)22-17-6-4-5-7-19(17)32-20-9-8-16(25)14-18(20)28-22/h4-9,14,21,26H,10-13,15H2,1-3H3,(H,27,30)/t21-/m1/s1. The average molecular weight is 457 g/mol. The SMILES string of the molecule is COCCNC(=O)C(C)(C)[C@H]1CN(C2=Nc3cc(Cl)ccc3Oc3ccccc32)CCN1. The third kappa shape index (κ3) is 4.60. The van der Waals surface area contributed by atoms with E-state index in [-0.39, 0.29) is 11.9 Å². The Bertz CT molecular complexity index is 1020. The third-order valence-electron chi connectivity index (χ3n) is 6.02. The Labute approximate surface area is 193 Å². The number of para-hydroxylation sites is 1. The summed E-state index contributed by atoms with van der Waals surface area (Å²) < 4.78 is 11.2. The Morgan fingerprint density at radius 2 is 2.12 bits per heavy atom. The number of aliphatic imine (C=N–C) groups is 1. The molecule has 7 nitrogen and oxygen atoms in total. The first-order valence-electron chi connectivity index (χ1n) is 10.8. The molecule has 4 rings (SSSR count). The van der Waals surface area contributed by atoms with E-state index in [2.05, 4.69) is 15.5 Å². The molecule has 0 saturated carbocycles. The second kappa shape index (κ2) is 9.48. The predicted molar refractivity (Wildman–Crippen MR) is 126 cm³/mol. The van der Waals surface area contributed by atoms with Crippen LogP contribution in [0.15, 0.2) is 47.5 Å². The Hall–Kier alpha value is -2.61. The summed E-state index contributed by atoms with van der Waals surface area (Å²) in [6, 6.07) is 13.3. The molecular weight excluding hydrogens is 428 g/mol. The summed E-state index contributed by atoms with van der Waals surface area (Å²) in [7, 11) is 1.62. The maximum atomic E-state index is 12.9. The van der Waals surface area contributed by atoms with Crippen LogP contribution >= 0.6 is 11.6 Å². The van der Waals surface area contributed by atoms with Gasteiger partial charge in [0.05, 0.1) is 17.6 Å². The van der Waals surface area contributed by atoms with Crippen molar-refractivity contribution >= 4 is 29.0 Å². The molecule has 8 heteroatoms. The van der Waals surface area contributed by atoms with Crippen LogP contribution in [0.25, 0.3) is 0 Å². The highest BCUT2D eigenvalue weighted by molar-refractivity contribution is 6.31. The van der Waals surface area contributed by atoms with Crippen molar-refractivity contribution < 1.29 is 14.3 Å². The molecule has 170 valence electrons. The molecule has 2 N–H and O–H groups in total. The minimum atomic E-state index is -0.616. The first-order chi connectivity index (χ1) is 15.4. The highest BCUT2D eigenvalue weighted by atomic mass is 35.5. The molecule has 1 fully saturated rings. The number of ether oxygens (including phenoxy) is 2. The van der Waals surface area contributed by atoms with E-state index in [1.54, 1.807) is 13.2 Å². The second-order valence-electron chi connectivity index (χ2n) is 8.57. The van der Waals surface area contributed by atoms with Crippen LogP contribution in [0.1, 0.15) is 19.4 Å². The molecule has 32 heavy (non-hydrogen) atoms. The quantitative estimate of drug-likeness (QED) is 0.672. The Kier molecular flexibility index (Phi) is 6.69. The Balaban J connectivity index is 1.64. The molecule has 0 spiro atoms. The fraction of sp³-hybridized carbons (Fsp3) is 0.417. The molecule has 0 bridgehead atoms. The molecule has 0 radical (unpaired) electrons. The van der Waals surface area contributed by atoms with E-state index < -0.39 is 5.41 Å². The lowest BCUT2D eigenvalue weighted by molar-refractivity contribution is -0.131. The molecule has 2 aliphatic heterocycles. The van der Waals surface area contributed by atoms with Gasteiger partial charge in [-0.1, -0.05) is 23.7 Å². The fourth-order valence-electron chi connectivity index (χ4n) is 4.02. The number of methoxy groups -OCH3 is 1. The molecule has 1 saturated heterocycles. The van der Waals surface area contributed by atoms with Crippen LogP contribution in [0.2, 0.25) is 5.02 Å². The monoisotopic (exact) mass is 456 g/mol. The highest BCUT2D eigenvalue weighted by Crippen LogP contribution is 2.39. The summed E-state index contributed by atoms with van der Waals surface area (Å²) in [5.74, 6) is 2.24. The summed E-state index contributed by atoms with van der Waals surface area (Å²) in [6.07, 6.45) is 0. The third-order valence-corrected chi connectivity index (χ3v) is 6.25. The summed E-state index contributed by atoms with van der Waals surface area (Å²) in [5.41, 5.74) is 0.993. The second-order valence-corrected chi connectivity index (χ2v) is 9.01. The number of carbonyl (C=O) groups is 1. The predicted octanol–water partition coefficient (Wildman–Crippen LogP) is 3.59. The van der Waals surface area contributed by atoms with Gasteiger partial charge in [0.2, 0.25) is 5.91 Å². The summed E-state index contributed by atoms with van der Waals surface area (Å²) in [4.78, 5) is 20.1. The van der Waals surface area contributed by atoms with E-state index in [9.17, 15) is 4.79 Å². The molecule has 0 unspecified atom stereocenters. The van der Waals surface area contributed by atoms with Crippen molar-refractivity contribution in [1.29, 1.82) is 0 Å². The molecule has 2 aliphatic rings. The van der Waals surface area contributed by atoms with Crippen LogP contribution in [0.4, 0.5) is 5.69 Å². The maximum Gasteiger partial charge on any atom is 0.227 e. The van der Waals surface area contributed by atoms with Crippen molar-refractivity contribution in [3.05, 3.63) is 53.1 Å². The van der Waals surface area contributed by atoms with E-state index >= 15 is 0 Å². The highest BCUT2D eigenvalue weighted by Gasteiger charge is 2.40. The van der Waals surface area contributed by atoms with Crippen LogP contribution in [-0.2, 0) is 9.53 Å². The lowest BCUT2D eigenvalue weighted by Gasteiger charge is -2.42. The van der Waals surface area contributed by atoms with Crippen LogP contribution in [0.3, 0.4) is 0 Å². The molecule has 2 heterocycles. The van der Waals surface area contributed by atoms with Crippen LogP contribution in [-0.4, -0.2) is 62.6 Å². The zero-order chi connectivity index (χ0) is 22.7. The summed E-state index contributed by atoms with van der Waals surface area (Å²) in [6.45, 7) is 7.05. The molecule has 1 atom stereocenters. The van der Waals surface area contributed by atoms with E-state index in [0.29, 0.717) is 36.2 Å². The smallest absolute Gasteiger partial charge is 0.227 e. The first kappa shape index (κ1) is 22.6. The number of rotatable bonds is 5. The van der Waals surface area contributed by atoms with E-state index in [0.717, 1.165) is 30.2 Å². The number of hydrogen-bond acceptors (Lipinski definition) is 6. The van der Waals surface area contributed by atoms with E-state index in [4.69, 9.17) is 26.1 Å². The number of carbonyl (C=O) groups excluding carboxylic acids is 1. The van der Waals surface area contributed by atoms with Crippen molar-refractivity contribution in [2.24, 2.45) is 10.4 Å². The lowest BCUT2D eigenvalue weighted by Crippen LogP contribution is -2.61. The number of halogens is 1. The van der Waals surface area contributed by atoms with Gasteiger partial charge >= 0.3 is 0 Å². The summed E-state index contributed by atoms with van der Waals surface area (Å²) >= 11 is 6.24. The van der Waals surface area contributed by atoms with Gasteiger partial charge in [-0.3, -0.25) is 4.79 Å². The van der Waals surface area contributed by atoms with E-state index in [1.807, 2.05) is 50.2 Å². The number of nitrogens with one attached hydrogen (secondary N) is 2. The number of nitrogens with zero attached hydrogens (tertiary/aromatic N) is 2. The van der Waals surface area contributed by atoms with Gasteiger partial charge < -0.3 is 25.0 Å². The minimum Gasteiger partial charge on any atom is -0.454 e. The fourth-order valence-corrected chi connectivity index (χ4v) is 4.18. The molecular formula is C24H29ClN4O3. The topological polar surface area (TPSA) is 75.2 Å². The zero-order valence-electron chi connectivity index (χ0n) is 18.7. The molecule has 2 aromatic carbocycles. The van der Waals surface area contributed by atoms with Gasteiger partial charge in [-0.15, -0.1) is 0 Å². The molecule has 1 amide bonds. The van der Waals surface area contributed by atoms with Crippen molar-refractivity contribution in [3.63, 3.8) is 0 Å². The van der Waals surface area contributed by atoms with Gasteiger partial charge in [-0.2, -0.15) is 0 Å². The molecule has 2 aromatic rings. The molecule has 0 aliphatic carbocycles. The minimum absolute atomic E-state index is 0.00225. The average Bonchev–Trinajstić information content (AvgIpc) is 2.95. The van der Waals surface area contributed by atoms with Crippen LogP contribution in [0, 0.1) is 5.41 Å². The lowest BCUT2D eigenvalue weighted by atomic mass is 9.82. The summed E-state index contributed by atoms with van der Waals surface area (Å²) in [5, 5.41) is 7.10. The zero-order valence-corrected chi connectivity index (χ0v) is 19.4. The van der Waals surface area contributed by atoms with Crippen molar-refractivity contribution in [1.82, 2.24) is 15.5 Å². The Morgan fingerprint density at radius 3 is 2.94 bits per heavy atom. The Morgan fingerprint density at radius 1 is 1.31 bits per heavy atom. The largest absolute Gasteiger partial charge is 0.454 e. The number of amides is 1. The van der Waals surface area contributed by atoms with Crippen molar-refractivity contribution in [3.8, 4) is 11.5 Å². The van der Waals surface area contributed by atoms with Gasteiger partial charge in [-0.25, -0.2) is 4.99 Å². The van der Waals surface area contributed by atoms with Gasteiger partial charge in [-0.05, 0) is 44.2 Å².